The molecule has 18 heavy (non-hydrogen) atoms. The van der Waals surface area contributed by atoms with Crippen LogP contribution in [-0.2, 0) is 5.41 Å². The Hall–Kier alpha value is -1.15. The van der Waals surface area contributed by atoms with Gasteiger partial charge in [-0.3, -0.25) is 9.88 Å². The lowest BCUT2D eigenvalue weighted by Gasteiger charge is -2.34. The second kappa shape index (κ2) is 5.23. The zero-order valence-corrected chi connectivity index (χ0v) is 11.9. The van der Waals surface area contributed by atoms with Gasteiger partial charge < -0.3 is 0 Å². The molecule has 0 radical (unpaired) electrons. The Morgan fingerprint density at radius 3 is 2.61 bits per heavy atom. The van der Waals surface area contributed by atoms with Crippen LogP contribution in [-0.4, -0.2) is 28.5 Å². The molecule has 1 aromatic heterocycles. The summed E-state index contributed by atoms with van der Waals surface area (Å²) in [6.07, 6.45) is 9.60. The maximum Gasteiger partial charge on any atom is 0.0292 e. The van der Waals surface area contributed by atoms with E-state index in [1.807, 2.05) is 12.4 Å². The molecule has 0 fully saturated rings. The summed E-state index contributed by atoms with van der Waals surface area (Å²) in [6.45, 7) is 10.3. The van der Waals surface area contributed by atoms with Gasteiger partial charge in [0.15, 0.2) is 0 Å². The fourth-order valence-electron chi connectivity index (χ4n) is 2.81. The molecule has 1 aliphatic rings. The van der Waals surface area contributed by atoms with Gasteiger partial charge in [0.1, 0.15) is 0 Å². The lowest BCUT2D eigenvalue weighted by Crippen LogP contribution is -2.39. The second-order valence-electron chi connectivity index (χ2n) is 6.11. The number of rotatable bonds is 4. The third-order valence-corrected chi connectivity index (χ3v) is 3.94. The molecule has 1 atom stereocenters. The molecule has 0 aromatic carbocycles. The highest BCUT2D eigenvalue weighted by molar-refractivity contribution is 5.22. The van der Waals surface area contributed by atoms with E-state index in [1.54, 1.807) is 0 Å². The average molecular weight is 244 g/mol. The van der Waals surface area contributed by atoms with Crippen molar-refractivity contribution >= 4 is 0 Å². The van der Waals surface area contributed by atoms with Gasteiger partial charge >= 0.3 is 0 Å². The van der Waals surface area contributed by atoms with Crippen molar-refractivity contribution in [2.75, 3.05) is 6.54 Å². The summed E-state index contributed by atoms with van der Waals surface area (Å²) in [5.41, 5.74) is 1.57. The van der Waals surface area contributed by atoms with E-state index in [1.165, 1.54) is 5.56 Å². The van der Waals surface area contributed by atoms with Crippen LogP contribution in [0.3, 0.4) is 0 Å². The maximum absolute atomic E-state index is 4.11. The van der Waals surface area contributed by atoms with Crippen molar-refractivity contribution in [3.05, 3.63) is 42.2 Å². The van der Waals surface area contributed by atoms with Gasteiger partial charge in [0, 0.05) is 31.0 Å². The summed E-state index contributed by atoms with van der Waals surface area (Å²) >= 11 is 0. The average Bonchev–Trinajstić information content (AvgIpc) is 2.78. The SMILES string of the molecule is CC(C)N1CC=CC1CC(C)(C)c1ccncc1. The van der Waals surface area contributed by atoms with E-state index in [2.05, 4.69) is 61.9 Å². The minimum Gasteiger partial charge on any atom is -0.291 e. The summed E-state index contributed by atoms with van der Waals surface area (Å²) in [4.78, 5) is 6.67. The molecule has 0 saturated heterocycles. The minimum absolute atomic E-state index is 0.190. The van der Waals surface area contributed by atoms with Gasteiger partial charge in [-0.25, -0.2) is 0 Å². The Morgan fingerprint density at radius 2 is 2.00 bits per heavy atom. The van der Waals surface area contributed by atoms with Crippen LogP contribution in [0.2, 0.25) is 0 Å². The Kier molecular flexibility index (Phi) is 3.86. The van der Waals surface area contributed by atoms with E-state index in [4.69, 9.17) is 0 Å². The Bertz CT molecular complexity index is 406. The van der Waals surface area contributed by atoms with Crippen molar-refractivity contribution in [3.63, 3.8) is 0 Å². The zero-order chi connectivity index (χ0) is 13.2. The summed E-state index contributed by atoms with van der Waals surface area (Å²) in [6, 6.07) is 5.45. The highest BCUT2D eigenvalue weighted by atomic mass is 15.2. The molecule has 2 nitrogen and oxygen atoms in total. The lowest BCUT2D eigenvalue weighted by atomic mass is 9.79. The molecule has 2 heteroatoms. The minimum atomic E-state index is 0.190. The van der Waals surface area contributed by atoms with Gasteiger partial charge in [-0.15, -0.1) is 0 Å². The van der Waals surface area contributed by atoms with Crippen molar-refractivity contribution in [2.24, 2.45) is 0 Å². The maximum atomic E-state index is 4.11. The number of pyridine rings is 1. The fourth-order valence-corrected chi connectivity index (χ4v) is 2.81. The first-order valence-corrected chi connectivity index (χ1v) is 6.83. The van der Waals surface area contributed by atoms with E-state index in [-0.39, 0.29) is 5.41 Å². The van der Waals surface area contributed by atoms with Crippen LogP contribution in [0.15, 0.2) is 36.7 Å². The molecule has 2 heterocycles. The van der Waals surface area contributed by atoms with Crippen LogP contribution in [0.4, 0.5) is 0 Å². The predicted octanol–water partition coefficient (Wildman–Crippen LogP) is 3.40. The molecule has 2 rings (SSSR count). The highest BCUT2D eigenvalue weighted by Gasteiger charge is 2.30. The smallest absolute Gasteiger partial charge is 0.0292 e. The molecule has 1 aliphatic heterocycles. The summed E-state index contributed by atoms with van der Waals surface area (Å²) in [5, 5.41) is 0. The second-order valence-corrected chi connectivity index (χ2v) is 6.11. The first kappa shape index (κ1) is 13.3. The predicted molar refractivity (Wildman–Crippen MR) is 76.7 cm³/mol. The Morgan fingerprint density at radius 1 is 1.33 bits per heavy atom. The lowest BCUT2D eigenvalue weighted by molar-refractivity contribution is 0.190. The van der Waals surface area contributed by atoms with E-state index in [0.29, 0.717) is 12.1 Å². The number of nitrogens with zero attached hydrogens (tertiary/aromatic N) is 2. The van der Waals surface area contributed by atoms with Crippen LogP contribution in [0, 0.1) is 0 Å². The van der Waals surface area contributed by atoms with Crippen molar-refractivity contribution in [3.8, 4) is 0 Å². The zero-order valence-electron chi connectivity index (χ0n) is 11.9. The van der Waals surface area contributed by atoms with E-state index in [0.717, 1.165) is 13.0 Å². The molecule has 98 valence electrons. The molecule has 0 bridgehead atoms. The number of aromatic nitrogens is 1. The van der Waals surface area contributed by atoms with Crippen molar-refractivity contribution in [1.29, 1.82) is 0 Å². The monoisotopic (exact) mass is 244 g/mol. The first-order chi connectivity index (χ1) is 8.50. The third kappa shape index (κ3) is 2.81. The van der Waals surface area contributed by atoms with Gasteiger partial charge in [-0.05, 0) is 43.4 Å². The molecule has 1 aromatic rings. The molecule has 0 N–H and O–H groups in total. The molecule has 0 spiro atoms. The van der Waals surface area contributed by atoms with Gasteiger partial charge in [0.2, 0.25) is 0 Å². The molecule has 0 saturated carbocycles. The molecule has 0 aliphatic carbocycles. The number of hydrogen-bond acceptors (Lipinski definition) is 2. The van der Waals surface area contributed by atoms with Crippen molar-refractivity contribution in [2.45, 2.75) is 51.6 Å². The van der Waals surface area contributed by atoms with Crippen LogP contribution < -0.4 is 0 Å². The Labute approximate surface area is 111 Å². The molecular formula is C16H24N2. The van der Waals surface area contributed by atoms with Gasteiger partial charge in [0.05, 0.1) is 0 Å². The van der Waals surface area contributed by atoms with Gasteiger partial charge in [0.25, 0.3) is 0 Å². The Balaban J connectivity index is 2.11. The topological polar surface area (TPSA) is 16.1 Å². The van der Waals surface area contributed by atoms with E-state index >= 15 is 0 Å². The quantitative estimate of drug-likeness (QED) is 0.755. The van der Waals surface area contributed by atoms with Crippen molar-refractivity contribution < 1.29 is 0 Å². The van der Waals surface area contributed by atoms with Crippen LogP contribution >= 0.6 is 0 Å². The molecular weight excluding hydrogens is 220 g/mol. The van der Waals surface area contributed by atoms with E-state index in [9.17, 15) is 0 Å². The highest BCUT2D eigenvalue weighted by Crippen LogP contribution is 2.31. The van der Waals surface area contributed by atoms with Gasteiger partial charge in [-0.1, -0.05) is 26.0 Å². The largest absolute Gasteiger partial charge is 0.291 e. The number of hydrogen-bond donors (Lipinski definition) is 0. The molecule has 1 unspecified atom stereocenters. The third-order valence-electron chi connectivity index (χ3n) is 3.94. The van der Waals surface area contributed by atoms with Crippen LogP contribution in [0.1, 0.15) is 39.7 Å². The summed E-state index contributed by atoms with van der Waals surface area (Å²) in [7, 11) is 0. The summed E-state index contributed by atoms with van der Waals surface area (Å²) in [5.74, 6) is 0. The summed E-state index contributed by atoms with van der Waals surface area (Å²) < 4.78 is 0. The van der Waals surface area contributed by atoms with E-state index < -0.39 is 0 Å². The van der Waals surface area contributed by atoms with Crippen LogP contribution in [0.25, 0.3) is 0 Å². The first-order valence-electron chi connectivity index (χ1n) is 6.83. The van der Waals surface area contributed by atoms with Gasteiger partial charge in [-0.2, -0.15) is 0 Å². The molecule has 0 amide bonds. The normalized spacial score (nSPS) is 20.8. The standard InChI is InChI=1S/C16H24N2/c1-13(2)18-11-5-6-15(18)12-16(3,4)14-7-9-17-10-8-14/h5-10,13,15H,11-12H2,1-4H3. The fraction of sp³-hybridized carbons (Fsp3) is 0.562. The van der Waals surface area contributed by atoms with Crippen molar-refractivity contribution in [1.82, 2.24) is 9.88 Å². The van der Waals surface area contributed by atoms with Crippen LogP contribution in [0.5, 0.6) is 0 Å².